The van der Waals surface area contributed by atoms with Gasteiger partial charge in [0.2, 0.25) is 0 Å². The quantitative estimate of drug-likeness (QED) is 0.0877. The second kappa shape index (κ2) is 23.9. The second-order valence-electron chi connectivity index (χ2n) is 24.3. The maximum Gasteiger partial charge on any atom is 0.340 e. The van der Waals surface area contributed by atoms with E-state index in [0.717, 1.165) is 115 Å². The van der Waals surface area contributed by atoms with Gasteiger partial charge in [0.25, 0.3) is 0 Å². The van der Waals surface area contributed by atoms with Crippen LogP contribution < -0.4 is 0 Å². The summed E-state index contributed by atoms with van der Waals surface area (Å²) in [5.74, 6) is -1.09. The molecular weight excluding hydrogens is 1280 g/mol. The SMILES string of the molecule is CC1(C)Sc2c(c(C(O)(c3c4c(c(C(=O)OCCN5CCOCC5)c5c3SC(C)(C)S5)SC(C)(C)S4)c3c4c(c(C(=O)OCCN5CCOCC5)c5c3SC(C)(C)S5)SC(C)(C)S4)c3c(c2C(=O)OCCN2CCOCC2)SC(C)(C)S3)S1. The molecule has 9 heterocycles. The van der Waals surface area contributed by atoms with Crippen molar-refractivity contribution in [3.05, 3.63) is 33.4 Å². The predicted molar refractivity (Wildman–Crippen MR) is 349 cm³/mol. The molecule has 0 saturated carbocycles. The van der Waals surface area contributed by atoms with Crippen molar-refractivity contribution in [3.63, 3.8) is 0 Å². The van der Waals surface area contributed by atoms with Gasteiger partial charge >= 0.3 is 17.9 Å². The van der Waals surface area contributed by atoms with Crippen LogP contribution in [0.15, 0.2) is 58.7 Å². The molecule has 1 N–H and O–H groups in total. The minimum atomic E-state index is -1.97. The Morgan fingerprint density at radius 3 is 0.735 bits per heavy atom. The third-order valence-electron chi connectivity index (χ3n) is 15.1. The van der Waals surface area contributed by atoms with Gasteiger partial charge in [0, 0.05) is 134 Å². The topological polar surface area (TPSA) is 137 Å². The van der Waals surface area contributed by atoms with E-state index in [2.05, 4.69) is 97.8 Å². The van der Waals surface area contributed by atoms with Gasteiger partial charge in [-0.3, -0.25) is 14.7 Å². The van der Waals surface area contributed by atoms with Crippen LogP contribution >= 0.6 is 141 Å². The molecule has 452 valence electrons. The van der Waals surface area contributed by atoms with E-state index in [1.54, 1.807) is 141 Å². The molecule has 0 atom stereocenters. The number of thioether (sulfide) groups is 12. The van der Waals surface area contributed by atoms with Crippen molar-refractivity contribution in [2.75, 3.05) is 118 Å². The number of carbonyl (C=O) groups excluding carboxylic acids is 3. The number of rotatable bonds is 15. The highest BCUT2D eigenvalue weighted by Gasteiger charge is 2.59. The minimum Gasteiger partial charge on any atom is -0.461 e. The van der Waals surface area contributed by atoms with Gasteiger partial charge in [-0.25, -0.2) is 14.4 Å². The summed E-state index contributed by atoms with van der Waals surface area (Å²) >= 11 is 20.2. The molecule has 13 nitrogen and oxygen atoms in total. The van der Waals surface area contributed by atoms with Crippen LogP contribution in [0.4, 0.5) is 0 Å². The highest BCUT2D eigenvalue weighted by molar-refractivity contribution is 8.23. The molecule has 9 aliphatic heterocycles. The summed E-state index contributed by atoms with van der Waals surface area (Å²) in [6.45, 7) is 37.6. The van der Waals surface area contributed by atoms with E-state index in [9.17, 15) is 0 Å². The fourth-order valence-electron chi connectivity index (χ4n) is 11.6. The number of carbonyl (C=O) groups is 3. The molecule has 25 heteroatoms. The normalized spacial score (nSPS) is 23.5. The van der Waals surface area contributed by atoms with Crippen LogP contribution in [0.5, 0.6) is 0 Å². The number of hydrogen-bond acceptors (Lipinski definition) is 25. The van der Waals surface area contributed by atoms with Crippen molar-refractivity contribution in [3.8, 4) is 0 Å². The number of benzene rings is 3. The number of nitrogens with zero attached hydrogens (tertiary/aromatic N) is 3. The molecule has 0 radical (unpaired) electrons. The summed E-state index contributed by atoms with van der Waals surface area (Å²) in [6, 6.07) is 0. The van der Waals surface area contributed by atoms with E-state index >= 15 is 19.5 Å². The van der Waals surface area contributed by atoms with Crippen LogP contribution in [0, 0.1) is 0 Å². The Morgan fingerprint density at radius 1 is 0.361 bits per heavy atom. The number of hydrogen-bond donors (Lipinski definition) is 1. The smallest absolute Gasteiger partial charge is 0.340 e. The molecule has 83 heavy (non-hydrogen) atoms. The molecule has 9 aliphatic rings. The van der Waals surface area contributed by atoms with Gasteiger partial charge in [0.05, 0.1) is 80.8 Å². The van der Waals surface area contributed by atoms with Gasteiger partial charge < -0.3 is 33.5 Å². The van der Waals surface area contributed by atoms with Gasteiger partial charge in [-0.2, -0.15) is 0 Å². The monoisotopic (exact) mass is 1360 g/mol. The summed E-state index contributed by atoms with van der Waals surface area (Å²) in [7, 11) is 0. The number of morpholine rings is 3. The van der Waals surface area contributed by atoms with Crippen molar-refractivity contribution in [2.24, 2.45) is 0 Å². The van der Waals surface area contributed by atoms with Crippen molar-refractivity contribution in [1.82, 2.24) is 14.7 Å². The zero-order valence-corrected chi connectivity index (χ0v) is 58.9. The van der Waals surface area contributed by atoms with Crippen LogP contribution in [-0.2, 0) is 34.0 Å². The summed E-state index contributed by atoms with van der Waals surface area (Å²) < 4.78 is 33.3. The van der Waals surface area contributed by atoms with Crippen LogP contribution in [-0.4, -0.2) is 181 Å². The average molecular weight is 1360 g/mol. The fraction of sp³-hybridized carbons (Fsp3) is 0.638. The van der Waals surface area contributed by atoms with E-state index in [1.165, 1.54) is 0 Å². The van der Waals surface area contributed by atoms with Gasteiger partial charge in [-0.05, 0) is 83.1 Å². The van der Waals surface area contributed by atoms with E-state index in [0.29, 0.717) is 76.0 Å². The zero-order valence-electron chi connectivity index (χ0n) is 49.1. The van der Waals surface area contributed by atoms with E-state index < -0.39 is 30.1 Å². The first-order valence-electron chi connectivity index (χ1n) is 28.3. The lowest BCUT2D eigenvalue weighted by molar-refractivity contribution is 0.0187. The predicted octanol–water partition coefficient (Wildman–Crippen LogP) is 14.0. The molecule has 0 aromatic heterocycles. The molecule has 12 rings (SSSR count). The number of ether oxygens (including phenoxy) is 6. The van der Waals surface area contributed by atoms with Gasteiger partial charge in [-0.15, -0.1) is 141 Å². The van der Waals surface area contributed by atoms with Gasteiger partial charge in [0.1, 0.15) is 25.4 Å². The maximum absolute atomic E-state index is 16.2. The Bertz CT molecular complexity index is 2690. The molecule has 3 aromatic carbocycles. The van der Waals surface area contributed by atoms with Gasteiger partial charge in [-0.1, -0.05) is 0 Å². The largest absolute Gasteiger partial charge is 0.461 e. The van der Waals surface area contributed by atoms with Crippen molar-refractivity contribution in [2.45, 2.75) is 172 Å². The van der Waals surface area contributed by atoms with E-state index in [1.807, 2.05) is 0 Å². The number of fused-ring (bicyclic) bond motifs is 6. The van der Waals surface area contributed by atoms with Crippen molar-refractivity contribution in [1.29, 1.82) is 0 Å². The second-order valence-corrected chi connectivity index (χ2v) is 45.4. The van der Waals surface area contributed by atoms with E-state index in [4.69, 9.17) is 28.4 Å². The molecule has 0 unspecified atom stereocenters. The lowest BCUT2D eigenvalue weighted by atomic mass is 9.78. The first-order chi connectivity index (χ1) is 39.1. The Labute approximate surface area is 540 Å². The lowest BCUT2D eigenvalue weighted by Gasteiger charge is -2.39. The summed E-state index contributed by atoms with van der Waals surface area (Å²) in [6.07, 6.45) is 0. The molecule has 0 amide bonds. The van der Waals surface area contributed by atoms with Crippen LogP contribution in [0.2, 0.25) is 0 Å². The third kappa shape index (κ3) is 12.6. The molecule has 3 fully saturated rings. The summed E-state index contributed by atoms with van der Waals surface area (Å²) in [5.41, 5.74) is 1.92. The maximum atomic E-state index is 16.2. The lowest BCUT2D eigenvalue weighted by Crippen LogP contribution is -2.38. The molecule has 0 spiro atoms. The number of aliphatic hydroxyl groups is 1. The first-order valence-corrected chi connectivity index (χ1v) is 38.1. The van der Waals surface area contributed by atoms with Crippen LogP contribution in [0.25, 0.3) is 0 Å². The first kappa shape index (κ1) is 63.2. The van der Waals surface area contributed by atoms with Crippen molar-refractivity contribution < 1.29 is 47.9 Å². The Morgan fingerprint density at radius 2 is 0.542 bits per heavy atom. The highest BCUT2D eigenvalue weighted by Crippen LogP contribution is 2.75. The van der Waals surface area contributed by atoms with Crippen LogP contribution in [0.1, 0.15) is 131 Å². The van der Waals surface area contributed by atoms with Crippen molar-refractivity contribution >= 4 is 159 Å². The molecule has 3 aromatic rings. The highest BCUT2D eigenvalue weighted by atomic mass is 32.2. The standard InChI is InChI=1S/C58H73N3O10S12/c1-52(2)72-37-31(49(62)69-28-19-59-13-22-66-23-14-59)38-44(79-53(3,4)73-38)34(43(37)78-52)58(65,35-45-39(74-54(5,6)80-45)32(40-46(35)81-55(7,8)75-40)50(63)70-29-20-60-15-24-67-25-16-60)36-47-41(76-56(9,10)82-47)33(42-48(36)83-57(11,12)77-42)51(64)71-30-21-61-17-26-68-27-18-61/h65H,13-30H2,1-12H3. The Balaban J connectivity index is 1.13. The fourth-order valence-corrected chi connectivity index (χ4v) is 29.6. The molecular formula is C58H73N3O10S12. The Hall–Kier alpha value is -0.0100. The zero-order chi connectivity index (χ0) is 58.8. The van der Waals surface area contributed by atoms with Gasteiger partial charge in [0.15, 0.2) is 0 Å². The van der Waals surface area contributed by atoms with Crippen LogP contribution in [0.3, 0.4) is 0 Å². The average Bonchev–Trinajstić information content (AvgIpc) is 1.62. The summed E-state index contributed by atoms with van der Waals surface area (Å²) in [5, 5.41) is 16.2. The minimum absolute atomic E-state index is 0.238. The molecule has 0 bridgehead atoms. The third-order valence-corrected chi connectivity index (χ3v) is 32.1. The molecule has 0 aliphatic carbocycles. The Kier molecular flexibility index (Phi) is 18.2. The summed E-state index contributed by atoms with van der Waals surface area (Å²) in [4.78, 5) is 62.6. The van der Waals surface area contributed by atoms with E-state index in [-0.39, 0.29) is 37.7 Å². The molecule has 3 saturated heterocycles. The number of esters is 3.